The molecule has 148 valence electrons. The van der Waals surface area contributed by atoms with E-state index in [0.717, 1.165) is 5.56 Å². The van der Waals surface area contributed by atoms with Crippen molar-refractivity contribution in [2.75, 3.05) is 0 Å². The van der Waals surface area contributed by atoms with E-state index in [1.807, 2.05) is 18.2 Å². The first-order chi connectivity index (χ1) is 12.7. The van der Waals surface area contributed by atoms with Gasteiger partial charge in [0.15, 0.2) is 0 Å². The normalized spacial score (nSPS) is 12.7. The molecular formula is C18H25N3O6. The van der Waals surface area contributed by atoms with Crippen molar-refractivity contribution >= 4 is 23.9 Å². The number of hydrogen-bond donors (Lipinski definition) is 4. The van der Waals surface area contributed by atoms with E-state index in [0.29, 0.717) is 0 Å². The highest BCUT2D eigenvalue weighted by molar-refractivity contribution is 5.91. The number of carbonyl (C=O) groups is 4. The molecule has 0 aromatic heterocycles. The van der Waals surface area contributed by atoms with Gasteiger partial charge in [0.05, 0.1) is 0 Å². The van der Waals surface area contributed by atoms with Crippen LogP contribution in [0.5, 0.6) is 0 Å². The van der Waals surface area contributed by atoms with Crippen molar-refractivity contribution in [1.82, 2.24) is 10.6 Å². The van der Waals surface area contributed by atoms with Gasteiger partial charge in [-0.3, -0.25) is 14.4 Å². The smallest absolute Gasteiger partial charge is 0.408 e. The zero-order chi connectivity index (χ0) is 20.4. The zero-order valence-corrected chi connectivity index (χ0v) is 15.3. The van der Waals surface area contributed by atoms with Crippen LogP contribution in [0.15, 0.2) is 30.3 Å². The van der Waals surface area contributed by atoms with Gasteiger partial charge in [-0.05, 0) is 17.9 Å². The molecular weight excluding hydrogens is 354 g/mol. The van der Waals surface area contributed by atoms with E-state index in [-0.39, 0.29) is 25.4 Å². The Bertz CT molecular complexity index is 662. The van der Waals surface area contributed by atoms with Crippen LogP contribution in [0.1, 0.15) is 32.3 Å². The Kier molecular flexibility index (Phi) is 8.77. The van der Waals surface area contributed by atoms with Crippen molar-refractivity contribution in [3.63, 3.8) is 0 Å². The molecule has 5 N–H and O–H groups in total. The number of aliphatic carboxylic acids is 1. The largest absolute Gasteiger partial charge is 0.481 e. The summed E-state index contributed by atoms with van der Waals surface area (Å²) in [4.78, 5) is 46.5. The highest BCUT2D eigenvalue weighted by atomic mass is 16.5. The molecule has 9 heteroatoms. The molecule has 0 heterocycles. The maximum Gasteiger partial charge on any atom is 0.408 e. The number of carboxylic acid groups (broad SMARTS) is 1. The molecule has 2 atom stereocenters. The van der Waals surface area contributed by atoms with Gasteiger partial charge in [-0.15, -0.1) is 0 Å². The molecule has 3 amide bonds. The maximum absolute atomic E-state index is 12.4. The first-order valence-corrected chi connectivity index (χ1v) is 8.49. The third kappa shape index (κ3) is 8.21. The van der Waals surface area contributed by atoms with Crippen LogP contribution in [0.2, 0.25) is 0 Å². The van der Waals surface area contributed by atoms with Crippen LogP contribution in [0.25, 0.3) is 0 Å². The van der Waals surface area contributed by atoms with E-state index < -0.39 is 36.0 Å². The second-order valence-electron chi connectivity index (χ2n) is 6.32. The molecule has 27 heavy (non-hydrogen) atoms. The fourth-order valence-corrected chi connectivity index (χ4v) is 2.24. The summed E-state index contributed by atoms with van der Waals surface area (Å²) in [6.45, 7) is 3.46. The predicted octanol–water partition coefficient (Wildman–Crippen LogP) is 0.772. The third-order valence-corrected chi connectivity index (χ3v) is 3.74. The van der Waals surface area contributed by atoms with Gasteiger partial charge in [0, 0.05) is 6.42 Å². The van der Waals surface area contributed by atoms with Gasteiger partial charge in [0.1, 0.15) is 18.7 Å². The fourth-order valence-electron chi connectivity index (χ4n) is 2.24. The van der Waals surface area contributed by atoms with Crippen molar-refractivity contribution in [3.8, 4) is 0 Å². The maximum atomic E-state index is 12.4. The number of carbonyl (C=O) groups excluding carboxylic acids is 3. The minimum absolute atomic E-state index is 0.0433. The van der Waals surface area contributed by atoms with Gasteiger partial charge in [0.25, 0.3) is 0 Å². The van der Waals surface area contributed by atoms with E-state index >= 15 is 0 Å². The Morgan fingerprint density at radius 1 is 1.11 bits per heavy atom. The minimum Gasteiger partial charge on any atom is -0.481 e. The molecule has 0 fully saturated rings. The number of alkyl carbamates (subject to hydrolysis) is 1. The van der Waals surface area contributed by atoms with Crippen LogP contribution in [-0.2, 0) is 25.7 Å². The molecule has 0 bridgehead atoms. The van der Waals surface area contributed by atoms with E-state index in [2.05, 4.69) is 10.6 Å². The molecule has 1 rings (SSSR count). The summed E-state index contributed by atoms with van der Waals surface area (Å²) in [5, 5.41) is 13.5. The highest BCUT2D eigenvalue weighted by Gasteiger charge is 2.28. The molecule has 0 saturated carbocycles. The summed E-state index contributed by atoms with van der Waals surface area (Å²) in [6, 6.07) is 6.92. The van der Waals surface area contributed by atoms with Crippen LogP contribution in [0, 0.1) is 5.92 Å². The Balaban J connectivity index is 2.64. The lowest BCUT2D eigenvalue weighted by Crippen LogP contribution is -2.54. The summed E-state index contributed by atoms with van der Waals surface area (Å²) in [6.07, 6.45) is -1.25. The van der Waals surface area contributed by atoms with E-state index in [9.17, 15) is 19.2 Å². The van der Waals surface area contributed by atoms with E-state index in [1.54, 1.807) is 26.0 Å². The van der Waals surface area contributed by atoms with Crippen LogP contribution in [0.4, 0.5) is 4.79 Å². The minimum atomic E-state index is -1.14. The van der Waals surface area contributed by atoms with Crippen molar-refractivity contribution in [2.24, 2.45) is 11.7 Å². The Morgan fingerprint density at radius 3 is 2.26 bits per heavy atom. The number of nitrogens with one attached hydrogen (secondary N) is 2. The average Bonchev–Trinajstić information content (AvgIpc) is 2.61. The van der Waals surface area contributed by atoms with Crippen LogP contribution in [0.3, 0.4) is 0 Å². The van der Waals surface area contributed by atoms with Gasteiger partial charge in [0.2, 0.25) is 11.8 Å². The molecule has 0 aliphatic carbocycles. The number of amides is 3. The topological polar surface area (TPSA) is 148 Å². The number of ether oxygens (including phenoxy) is 1. The van der Waals surface area contributed by atoms with E-state index in [1.165, 1.54) is 0 Å². The molecule has 0 aliphatic rings. The Hall–Kier alpha value is -3.10. The summed E-state index contributed by atoms with van der Waals surface area (Å²) < 4.78 is 5.09. The van der Waals surface area contributed by atoms with Crippen molar-refractivity contribution < 1.29 is 29.0 Å². The number of rotatable bonds is 10. The first kappa shape index (κ1) is 21.9. The quantitative estimate of drug-likeness (QED) is 0.472. The number of nitrogens with two attached hydrogens (primary N) is 1. The van der Waals surface area contributed by atoms with Crippen molar-refractivity contribution in [1.29, 1.82) is 0 Å². The second-order valence-corrected chi connectivity index (χ2v) is 6.32. The van der Waals surface area contributed by atoms with Crippen LogP contribution < -0.4 is 16.4 Å². The monoisotopic (exact) mass is 379 g/mol. The van der Waals surface area contributed by atoms with Crippen LogP contribution in [-0.4, -0.2) is 41.1 Å². The lowest BCUT2D eigenvalue weighted by Gasteiger charge is -2.24. The first-order valence-electron chi connectivity index (χ1n) is 8.49. The molecule has 1 aromatic carbocycles. The summed E-state index contributed by atoms with van der Waals surface area (Å²) in [7, 11) is 0. The molecule has 0 aliphatic heterocycles. The third-order valence-electron chi connectivity index (χ3n) is 3.74. The van der Waals surface area contributed by atoms with Crippen molar-refractivity contribution in [3.05, 3.63) is 35.9 Å². The lowest BCUT2D eigenvalue weighted by molar-refractivity contribution is -0.138. The van der Waals surface area contributed by atoms with Gasteiger partial charge in [-0.25, -0.2) is 4.79 Å². The predicted molar refractivity (Wildman–Crippen MR) is 96.4 cm³/mol. The highest BCUT2D eigenvalue weighted by Crippen LogP contribution is 2.06. The van der Waals surface area contributed by atoms with Gasteiger partial charge in [-0.2, -0.15) is 0 Å². The molecule has 0 unspecified atom stereocenters. The van der Waals surface area contributed by atoms with Gasteiger partial charge < -0.3 is 26.2 Å². The zero-order valence-electron chi connectivity index (χ0n) is 15.3. The van der Waals surface area contributed by atoms with Gasteiger partial charge in [-0.1, -0.05) is 44.2 Å². The van der Waals surface area contributed by atoms with Crippen molar-refractivity contribution in [2.45, 2.75) is 45.4 Å². The fraction of sp³-hybridized carbons (Fsp3) is 0.444. The van der Waals surface area contributed by atoms with E-state index in [4.69, 9.17) is 15.6 Å². The lowest BCUT2D eigenvalue weighted by atomic mass is 10.0. The SMILES string of the molecule is CC(C)[C@@H](NC(=O)OCc1ccccc1)C(=O)N[C@@H](CCC(=O)O)C(N)=O. The molecule has 0 saturated heterocycles. The molecule has 1 aromatic rings. The summed E-state index contributed by atoms with van der Waals surface area (Å²) in [5.41, 5.74) is 5.99. The second kappa shape index (κ2) is 10.8. The number of carboxylic acids is 1. The summed E-state index contributed by atoms with van der Waals surface area (Å²) in [5.74, 6) is -2.91. The van der Waals surface area contributed by atoms with Crippen LogP contribution >= 0.6 is 0 Å². The molecule has 9 nitrogen and oxygen atoms in total. The number of benzene rings is 1. The average molecular weight is 379 g/mol. The summed E-state index contributed by atoms with van der Waals surface area (Å²) >= 11 is 0. The molecule has 0 spiro atoms. The Morgan fingerprint density at radius 2 is 1.74 bits per heavy atom. The van der Waals surface area contributed by atoms with Gasteiger partial charge >= 0.3 is 12.1 Å². The number of hydrogen-bond acceptors (Lipinski definition) is 5. The molecule has 0 radical (unpaired) electrons. The number of primary amides is 1. The standard InChI is InChI=1S/C18H25N3O6/c1-11(2)15(17(25)20-13(16(19)24)8-9-14(22)23)21-18(26)27-10-12-6-4-3-5-7-12/h3-7,11,13,15H,8-10H2,1-2H3,(H2,19,24)(H,20,25)(H,21,26)(H,22,23)/t13-,15+/m0/s1. The Labute approximate surface area is 157 Å².